The monoisotopic (exact) mass is 657 g/mol. The first-order valence-corrected chi connectivity index (χ1v) is 16.1. The van der Waals surface area contributed by atoms with Gasteiger partial charge in [0.25, 0.3) is 0 Å². The molecule has 0 aliphatic carbocycles. The van der Waals surface area contributed by atoms with Gasteiger partial charge in [-0.15, -0.1) is 0 Å². The maximum Gasteiger partial charge on any atom is 0.247 e. The number of nitrogens with zero attached hydrogens (tertiary/aromatic N) is 2. The minimum atomic E-state index is -3.78. The van der Waals surface area contributed by atoms with E-state index < -0.39 is 45.5 Å². The van der Waals surface area contributed by atoms with Crippen LogP contribution in [0.2, 0.25) is 5.02 Å². The van der Waals surface area contributed by atoms with Crippen LogP contribution in [0.4, 0.5) is 24.5 Å². The van der Waals surface area contributed by atoms with E-state index in [2.05, 4.69) is 20.9 Å². The van der Waals surface area contributed by atoms with Crippen molar-refractivity contribution in [3.8, 4) is 0 Å². The van der Waals surface area contributed by atoms with Crippen molar-refractivity contribution in [3.05, 3.63) is 119 Å². The standard InChI is InChI=1S/C32H31ClF3N5O3S/c33-22-8-6-21(7-9-22)14-30(32(42)39-25-16-23(34)15-24(35)17-25)40-31-20-38-19-29(36)28(31)11-10-26-18-37-12-13-41(26)45(43,44)27-4-2-1-3-5-27/h1-9,15-17,19-20,26,30,37,40H,10-14,18H2,(H,39,42)/t26-,30-/m0/s1. The van der Waals surface area contributed by atoms with Gasteiger partial charge < -0.3 is 16.0 Å². The second-order valence-corrected chi connectivity index (χ2v) is 13.0. The lowest BCUT2D eigenvalue weighted by atomic mass is 10.0. The van der Waals surface area contributed by atoms with Gasteiger partial charge in [-0.2, -0.15) is 4.31 Å². The highest BCUT2D eigenvalue weighted by Gasteiger charge is 2.33. The first-order chi connectivity index (χ1) is 21.6. The third-order valence-electron chi connectivity index (χ3n) is 7.51. The molecule has 2 heterocycles. The number of carbonyl (C=O) groups is 1. The van der Waals surface area contributed by atoms with E-state index in [4.69, 9.17) is 11.6 Å². The van der Waals surface area contributed by atoms with Crippen LogP contribution in [0.15, 0.2) is 90.1 Å². The van der Waals surface area contributed by atoms with E-state index in [-0.39, 0.29) is 47.6 Å². The SMILES string of the molecule is O=C(Nc1cc(F)cc(F)c1)[C@H](Cc1ccc(Cl)cc1)Nc1cncc(F)c1CC[C@H]1CNCCN1S(=O)(=O)c1ccccc1. The number of rotatable bonds is 11. The molecule has 4 aromatic rings. The third-order valence-corrected chi connectivity index (χ3v) is 9.73. The van der Waals surface area contributed by atoms with Crippen LogP contribution in [0.5, 0.6) is 0 Å². The van der Waals surface area contributed by atoms with Crippen LogP contribution < -0.4 is 16.0 Å². The van der Waals surface area contributed by atoms with E-state index in [1.54, 1.807) is 54.6 Å². The number of aromatic nitrogens is 1. The predicted octanol–water partition coefficient (Wildman–Crippen LogP) is 5.41. The number of amides is 1. The van der Waals surface area contributed by atoms with Crippen LogP contribution in [-0.4, -0.2) is 55.3 Å². The Hall–Kier alpha value is -3.97. The van der Waals surface area contributed by atoms with Gasteiger partial charge in [0.15, 0.2) is 0 Å². The second-order valence-electron chi connectivity index (χ2n) is 10.6. The number of piperazine rings is 1. The van der Waals surface area contributed by atoms with Gasteiger partial charge in [0.2, 0.25) is 15.9 Å². The first-order valence-electron chi connectivity index (χ1n) is 14.3. The molecule has 1 aliphatic heterocycles. The summed E-state index contributed by atoms with van der Waals surface area (Å²) in [6.07, 6.45) is 2.98. The zero-order valence-electron chi connectivity index (χ0n) is 24.0. The van der Waals surface area contributed by atoms with Crippen LogP contribution in [-0.2, 0) is 27.7 Å². The highest BCUT2D eigenvalue weighted by atomic mass is 35.5. The average molecular weight is 658 g/mol. The molecule has 0 unspecified atom stereocenters. The summed E-state index contributed by atoms with van der Waals surface area (Å²) in [7, 11) is -3.78. The largest absolute Gasteiger partial charge is 0.372 e. The fraction of sp³-hybridized carbons (Fsp3) is 0.250. The summed E-state index contributed by atoms with van der Waals surface area (Å²) < 4.78 is 71.3. The van der Waals surface area contributed by atoms with E-state index in [0.717, 1.165) is 23.9 Å². The lowest BCUT2D eigenvalue weighted by molar-refractivity contribution is -0.116. The van der Waals surface area contributed by atoms with Crippen molar-refractivity contribution in [2.75, 3.05) is 30.3 Å². The van der Waals surface area contributed by atoms with E-state index in [1.165, 1.54) is 10.5 Å². The van der Waals surface area contributed by atoms with Gasteiger partial charge in [-0.05, 0) is 54.8 Å². The van der Waals surface area contributed by atoms with Gasteiger partial charge in [-0.3, -0.25) is 9.78 Å². The summed E-state index contributed by atoms with van der Waals surface area (Å²) in [6, 6.07) is 16.1. The molecule has 5 rings (SSSR count). The fourth-order valence-electron chi connectivity index (χ4n) is 5.29. The molecular formula is C32H31ClF3N5O3S. The molecule has 0 bridgehead atoms. The van der Waals surface area contributed by atoms with E-state index in [1.807, 2.05) is 0 Å². The minimum absolute atomic E-state index is 0.0810. The van der Waals surface area contributed by atoms with Crippen LogP contribution in [0.25, 0.3) is 0 Å². The van der Waals surface area contributed by atoms with Crippen molar-refractivity contribution in [1.29, 1.82) is 0 Å². The maximum atomic E-state index is 15.3. The summed E-state index contributed by atoms with van der Waals surface area (Å²) >= 11 is 6.03. The molecule has 1 fully saturated rings. The highest BCUT2D eigenvalue weighted by Crippen LogP contribution is 2.26. The van der Waals surface area contributed by atoms with E-state index in [9.17, 15) is 22.0 Å². The molecule has 3 N–H and O–H groups in total. The fourth-order valence-corrected chi connectivity index (χ4v) is 7.09. The highest BCUT2D eigenvalue weighted by molar-refractivity contribution is 7.89. The predicted molar refractivity (Wildman–Crippen MR) is 167 cm³/mol. The van der Waals surface area contributed by atoms with Crippen molar-refractivity contribution < 1.29 is 26.4 Å². The molecule has 3 aromatic carbocycles. The van der Waals surface area contributed by atoms with Crippen molar-refractivity contribution in [2.24, 2.45) is 0 Å². The number of hydrogen-bond donors (Lipinski definition) is 3. The number of halogens is 4. The van der Waals surface area contributed by atoms with Crippen molar-refractivity contribution in [1.82, 2.24) is 14.6 Å². The Bertz CT molecular complexity index is 1730. The smallest absolute Gasteiger partial charge is 0.247 e. The summed E-state index contributed by atoms with van der Waals surface area (Å²) in [5.41, 5.74) is 1.09. The second kappa shape index (κ2) is 14.4. The molecule has 0 radical (unpaired) electrons. The minimum Gasteiger partial charge on any atom is -0.372 e. The Labute approximate surface area is 264 Å². The quantitative estimate of drug-likeness (QED) is 0.199. The topological polar surface area (TPSA) is 103 Å². The van der Waals surface area contributed by atoms with Crippen LogP contribution in [0, 0.1) is 17.5 Å². The van der Waals surface area contributed by atoms with Crippen LogP contribution in [0.1, 0.15) is 17.5 Å². The molecule has 0 spiro atoms. The number of carbonyl (C=O) groups excluding carboxylic acids is 1. The molecule has 2 atom stereocenters. The van der Waals surface area contributed by atoms with Crippen molar-refractivity contribution in [2.45, 2.75) is 36.2 Å². The van der Waals surface area contributed by atoms with Gasteiger partial charge in [-0.1, -0.05) is 41.9 Å². The number of hydrogen-bond acceptors (Lipinski definition) is 6. The zero-order valence-corrected chi connectivity index (χ0v) is 25.6. The van der Waals surface area contributed by atoms with Gasteiger partial charge in [0.05, 0.1) is 23.0 Å². The molecule has 45 heavy (non-hydrogen) atoms. The summed E-state index contributed by atoms with van der Waals surface area (Å²) in [4.78, 5) is 17.6. The van der Waals surface area contributed by atoms with Crippen molar-refractivity contribution >= 4 is 38.9 Å². The number of benzene rings is 3. The molecule has 236 valence electrons. The molecule has 1 aliphatic rings. The lowest BCUT2D eigenvalue weighted by Crippen LogP contribution is -2.53. The molecule has 13 heteroatoms. The van der Waals surface area contributed by atoms with Crippen molar-refractivity contribution in [3.63, 3.8) is 0 Å². The van der Waals surface area contributed by atoms with E-state index in [0.29, 0.717) is 24.2 Å². The van der Waals surface area contributed by atoms with Gasteiger partial charge in [0, 0.05) is 54.4 Å². The van der Waals surface area contributed by atoms with Gasteiger partial charge >= 0.3 is 0 Å². The average Bonchev–Trinajstić information content (AvgIpc) is 3.01. The molecule has 0 saturated carbocycles. The third kappa shape index (κ3) is 8.20. The lowest BCUT2D eigenvalue weighted by Gasteiger charge is -2.35. The maximum absolute atomic E-state index is 15.3. The van der Waals surface area contributed by atoms with Crippen LogP contribution >= 0.6 is 11.6 Å². The normalized spacial score (nSPS) is 16.2. The van der Waals surface area contributed by atoms with E-state index >= 15 is 4.39 Å². The number of nitrogens with one attached hydrogen (secondary N) is 3. The van der Waals surface area contributed by atoms with Gasteiger partial charge in [-0.25, -0.2) is 21.6 Å². The number of pyridine rings is 1. The van der Waals surface area contributed by atoms with Gasteiger partial charge in [0.1, 0.15) is 23.5 Å². The number of sulfonamides is 1. The summed E-state index contributed by atoms with van der Waals surface area (Å²) in [5.74, 6) is -2.96. The Kier molecular flexibility index (Phi) is 10.4. The Balaban J connectivity index is 1.39. The Morgan fingerprint density at radius 3 is 2.44 bits per heavy atom. The molecule has 1 amide bonds. The molecule has 1 saturated heterocycles. The Morgan fingerprint density at radius 2 is 1.73 bits per heavy atom. The molecular weight excluding hydrogens is 627 g/mol. The number of anilines is 2. The summed E-state index contributed by atoms with van der Waals surface area (Å²) in [6.45, 7) is 1.12. The van der Waals surface area contributed by atoms with Crippen LogP contribution in [0.3, 0.4) is 0 Å². The summed E-state index contributed by atoms with van der Waals surface area (Å²) in [5, 5.41) is 9.32. The first kappa shape index (κ1) is 32.4. The zero-order chi connectivity index (χ0) is 32.0. The molecule has 1 aromatic heterocycles. The molecule has 8 nitrogen and oxygen atoms in total. The Morgan fingerprint density at radius 1 is 1.02 bits per heavy atom.